The lowest BCUT2D eigenvalue weighted by Crippen LogP contribution is -2.40. The lowest BCUT2D eigenvalue weighted by Gasteiger charge is -2.22. The van der Waals surface area contributed by atoms with Crippen LogP contribution >= 0.6 is 0 Å². The molecule has 0 aromatic heterocycles. The van der Waals surface area contributed by atoms with Crippen LogP contribution in [0.1, 0.15) is 25.8 Å². The average molecular weight is 375 g/mol. The van der Waals surface area contributed by atoms with Gasteiger partial charge in [-0.2, -0.15) is 4.31 Å². The number of sulfonamides is 1. The molecule has 0 fully saturated rings. The normalized spacial score (nSPS) is 11.7. The zero-order chi connectivity index (χ0) is 19.0. The van der Waals surface area contributed by atoms with E-state index in [2.05, 4.69) is 19.2 Å². The monoisotopic (exact) mass is 374 g/mol. The molecule has 140 valence electrons. The molecule has 6 heteroatoms. The van der Waals surface area contributed by atoms with Crippen molar-refractivity contribution in [2.75, 3.05) is 13.1 Å². The summed E-state index contributed by atoms with van der Waals surface area (Å²) in [5, 5.41) is 2.81. The van der Waals surface area contributed by atoms with E-state index in [1.54, 1.807) is 30.3 Å². The number of amides is 1. The molecular formula is C20H26N2O3S. The molecule has 0 saturated heterocycles. The van der Waals surface area contributed by atoms with E-state index in [0.29, 0.717) is 12.5 Å². The summed E-state index contributed by atoms with van der Waals surface area (Å²) in [6.07, 6.45) is 0.857. The number of nitrogens with zero attached hydrogens (tertiary/aromatic N) is 1. The number of rotatable bonds is 9. The summed E-state index contributed by atoms with van der Waals surface area (Å²) >= 11 is 0. The molecule has 0 aliphatic carbocycles. The van der Waals surface area contributed by atoms with Gasteiger partial charge in [0.25, 0.3) is 0 Å². The van der Waals surface area contributed by atoms with Crippen molar-refractivity contribution in [2.24, 2.45) is 5.92 Å². The van der Waals surface area contributed by atoms with E-state index >= 15 is 0 Å². The standard InChI is InChI=1S/C20H26N2O3S/c1-17(2)13-14-21-20(23)16-22(15-18-9-5-3-6-10-18)26(24,25)19-11-7-4-8-12-19/h3-12,17H,13-16H2,1-2H3,(H,21,23). The molecule has 0 aliphatic rings. The summed E-state index contributed by atoms with van der Waals surface area (Å²) in [6.45, 7) is 4.64. The summed E-state index contributed by atoms with van der Waals surface area (Å²) in [5.74, 6) is 0.185. The van der Waals surface area contributed by atoms with Crippen LogP contribution in [0, 0.1) is 5.92 Å². The van der Waals surface area contributed by atoms with Crippen molar-refractivity contribution in [3.8, 4) is 0 Å². The number of hydrogen-bond acceptors (Lipinski definition) is 3. The molecule has 5 nitrogen and oxygen atoms in total. The smallest absolute Gasteiger partial charge is 0.243 e. The van der Waals surface area contributed by atoms with Gasteiger partial charge >= 0.3 is 0 Å². The van der Waals surface area contributed by atoms with E-state index in [-0.39, 0.29) is 23.9 Å². The predicted octanol–water partition coefficient (Wildman–Crippen LogP) is 3.04. The fourth-order valence-electron chi connectivity index (χ4n) is 2.47. The van der Waals surface area contributed by atoms with Crippen molar-refractivity contribution in [3.63, 3.8) is 0 Å². The van der Waals surface area contributed by atoms with Crippen molar-refractivity contribution < 1.29 is 13.2 Å². The second kappa shape index (κ2) is 9.50. The van der Waals surface area contributed by atoms with E-state index in [1.807, 2.05) is 30.3 Å². The molecule has 0 unspecified atom stereocenters. The minimum Gasteiger partial charge on any atom is -0.355 e. The first-order valence-electron chi connectivity index (χ1n) is 8.75. The fraction of sp³-hybridized carbons (Fsp3) is 0.350. The molecule has 0 heterocycles. The minimum atomic E-state index is -3.76. The Labute approximate surface area is 156 Å². The van der Waals surface area contributed by atoms with Gasteiger partial charge in [0.2, 0.25) is 15.9 Å². The Kier molecular flexibility index (Phi) is 7.36. The first-order valence-corrected chi connectivity index (χ1v) is 10.2. The molecule has 2 rings (SSSR count). The number of hydrogen-bond donors (Lipinski definition) is 1. The van der Waals surface area contributed by atoms with E-state index in [9.17, 15) is 13.2 Å². The van der Waals surface area contributed by atoms with Crippen LogP contribution in [-0.4, -0.2) is 31.7 Å². The van der Waals surface area contributed by atoms with Gasteiger partial charge in [-0.15, -0.1) is 0 Å². The molecule has 0 spiro atoms. The van der Waals surface area contributed by atoms with Gasteiger partial charge in [0.15, 0.2) is 0 Å². The van der Waals surface area contributed by atoms with Gasteiger partial charge in [0.1, 0.15) is 0 Å². The highest BCUT2D eigenvalue weighted by Crippen LogP contribution is 2.18. The van der Waals surface area contributed by atoms with Crippen LogP contribution in [0.15, 0.2) is 65.6 Å². The maximum Gasteiger partial charge on any atom is 0.243 e. The summed E-state index contributed by atoms with van der Waals surface area (Å²) in [6, 6.07) is 17.5. The van der Waals surface area contributed by atoms with E-state index in [4.69, 9.17) is 0 Å². The van der Waals surface area contributed by atoms with Gasteiger partial charge in [0, 0.05) is 13.1 Å². The first kappa shape index (κ1) is 20.1. The quantitative estimate of drug-likeness (QED) is 0.734. The molecule has 1 N–H and O–H groups in total. The summed E-state index contributed by atoms with van der Waals surface area (Å²) in [7, 11) is -3.76. The summed E-state index contributed by atoms with van der Waals surface area (Å²) < 4.78 is 27.2. The van der Waals surface area contributed by atoms with Crippen molar-refractivity contribution in [3.05, 3.63) is 66.2 Å². The molecule has 0 saturated carbocycles. The van der Waals surface area contributed by atoms with Crippen LogP contribution in [0.2, 0.25) is 0 Å². The number of carbonyl (C=O) groups is 1. The summed E-state index contributed by atoms with van der Waals surface area (Å²) in [5.41, 5.74) is 0.835. The van der Waals surface area contributed by atoms with Crippen LogP contribution in [0.3, 0.4) is 0 Å². The number of carbonyl (C=O) groups excluding carboxylic acids is 1. The lowest BCUT2D eigenvalue weighted by atomic mass is 10.1. The van der Waals surface area contributed by atoms with Crippen molar-refractivity contribution in [1.82, 2.24) is 9.62 Å². The topological polar surface area (TPSA) is 66.5 Å². The van der Waals surface area contributed by atoms with Gasteiger partial charge < -0.3 is 5.32 Å². The Hall–Kier alpha value is -2.18. The second-order valence-corrected chi connectivity index (χ2v) is 8.54. The highest BCUT2D eigenvalue weighted by atomic mass is 32.2. The zero-order valence-corrected chi connectivity index (χ0v) is 16.1. The third kappa shape index (κ3) is 5.97. The van der Waals surface area contributed by atoms with Gasteiger partial charge in [0.05, 0.1) is 11.4 Å². The SMILES string of the molecule is CC(C)CCNC(=O)CN(Cc1ccccc1)S(=O)(=O)c1ccccc1. The second-order valence-electron chi connectivity index (χ2n) is 6.60. The summed E-state index contributed by atoms with van der Waals surface area (Å²) in [4.78, 5) is 12.5. The highest BCUT2D eigenvalue weighted by molar-refractivity contribution is 7.89. The van der Waals surface area contributed by atoms with Gasteiger partial charge in [-0.1, -0.05) is 62.4 Å². The molecule has 0 bridgehead atoms. The minimum absolute atomic E-state index is 0.148. The largest absolute Gasteiger partial charge is 0.355 e. The zero-order valence-electron chi connectivity index (χ0n) is 15.3. The molecule has 2 aromatic rings. The molecule has 2 aromatic carbocycles. The van der Waals surface area contributed by atoms with Crippen LogP contribution in [-0.2, 0) is 21.4 Å². The Morgan fingerprint density at radius 1 is 1.00 bits per heavy atom. The van der Waals surface area contributed by atoms with Crippen molar-refractivity contribution in [1.29, 1.82) is 0 Å². The van der Waals surface area contributed by atoms with E-state index in [0.717, 1.165) is 12.0 Å². The Balaban J connectivity index is 2.18. The first-order chi connectivity index (χ1) is 12.4. The fourth-order valence-corrected chi connectivity index (χ4v) is 3.88. The lowest BCUT2D eigenvalue weighted by molar-refractivity contribution is -0.121. The Morgan fingerprint density at radius 2 is 1.58 bits per heavy atom. The molecule has 26 heavy (non-hydrogen) atoms. The van der Waals surface area contributed by atoms with Crippen LogP contribution in [0.25, 0.3) is 0 Å². The van der Waals surface area contributed by atoms with Gasteiger partial charge in [-0.25, -0.2) is 8.42 Å². The third-order valence-electron chi connectivity index (χ3n) is 3.95. The molecular weight excluding hydrogens is 348 g/mol. The maximum absolute atomic E-state index is 13.0. The van der Waals surface area contributed by atoms with Crippen LogP contribution < -0.4 is 5.32 Å². The molecule has 0 aliphatic heterocycles. The van der Waals surface area contributed by atoms with Gasteiger partial charge in [-0.3, -0.25) is 4.79 Å². The van der Waals surface area contributed by atoms with E-state index < -0.39 is 10.0 Å². The van der Waals surface area contributed by atoms with Crippen molar-refractivity contribution in [2.45, 2.75) is 31.7 Å². The molecule has 0 radical (unpaired) electrons. The number of nitrogens with one attached hydrogen (secondary N) is 1. The van der Waals surface area contributed by atoms with E-state index in [1.165, 1.54) is 4.31 Å². The van der Waals surface area contributed by atoms with Gasteiger partial charge in [-0.05, 0) is 30.0 Å². The van der Waals surface area contributed by atoms with Crippen LogP contribution in [0.5, 0.6) is 0 Å². The number of benzene rings is 2. The molecule has 0 atom stereocenters. The van der Waals surface area contributed by atoms with Crippen LogP contribution in [0.4, 0.5) is 0 Å². The Morgan fingerprint density at radius 3 is 2.15 bits per heavy atom. The van der Waals surface area contributed by atoms with Crippen molar-refractivity contribution >= 4 is 15.9 Å². The predicted molar refractivity (Wildman–Crippen MR) is 103 cm³/mol. The highest BCUT2D eigenvalue weighted by Gasteiger charge is 2.26. The molecule has 1 amide bonds. The third-order valence-corrected chi connectivity index (χ3v) is 5.75. The maximum atomic E-state index is 13.0. The Bertz CT molecular complexity index is 790. The average Bonchev–Trinajstić information content (AvgIpc) is 2.62.